The molecule has 3 rings (SSSR count). The minimum atomic E-state index is 0.464. The van der Waals surface area contributed by atoms with Gasteiger partial charge in [0.25, 0.3) is 0 Å². The number of hydrogen-bond donors (Lipinski definition) is 1. The summed E-state index contributed by atoms with van der Waals surface area (Å²) in [4.78, 5) is 3.63. The van der Waals surface area contributed by atoms with Crippen LogP contribution >= 0.6 is 0 Å². The zero-order valence-corrected chi connectivity index (χ0v) is 12.1. The molecule has 0 amide bonds. The van der Waals surface area contributed by atoms with E-state index < -0.39 is 0 Å². The molecule has 1 N–H and O–H groups in total. The van der Waals surface area contributed by atoms with Crippen LogP contribution in [0.25, 0.3) is 10.4 Å². The number of nitrogens with one attached hydrogen (secondary N) is 1. The first-order valence-electron chi connectivity index (χ1n) is 7.32. The predicted octanol–water partition coefficient (Wildman–Crippen LogP) is 4.18. The maximum absolute atomic E-state index is 7.37. The Morgan fingerprint density at radius 1 is 1.35 bits per heavy atom. The molecule has 4 heteroatoms. The van der Waals surface area contributed by atoms with E-state index in [-0.39, 0.29) is 0 Å². The van der Waals surface area contributed by atoms with E-state index in [1.54, 1.807) is 6.20 Å². The maximum Gasteiger partial charge on any atom is 0.231 e. The highest BCUT2D eigenvalue weighted by atomic mass is 15.2. The van der Waals surface area contributed by atoms with Crippen LogP contribution in [0.5, 0.6) is 0 Å². The van der Waals surface area contributed by atoms with Gasteiger partial charge in [-0.3, -0.25) is 0 Å². The van der Waals surface area contributed by atoms with Gasteiger partial charge in [0.2, 0.25) is 5.69 Å². The molecule has 0 spiro atoms. The lowest BCUT2D eigenvalue weighted by molar-refractivity contribution is 0.350. The van der Waals surface area contributed by atoms with E-state index in [0.29, 0.717) is 17.6 Å². The molecule has 104 valence electrons. The van der Waals surface area contributed by atoms with Gasteiger partial charge in [-0.2, -0.15) is 5.10 Å². The van der Waals surface area contributed by atoms with Gasteiger partial charge in [-0.1, -0.05) is 19.8 Å². The fourth-order valence-corrected chi connectivity index (χ4v) is 3.13. The summed E-state index contributed by atoms with van der Waals surface area (Å²) in [6.07, 6.45) is 6.73. The van der Waals surface area contributed by atoms with E-state index in [2.05, 4.69) is 22.2 Å². The third-order valence-corrected chi connectivity index (χ3v) is 4.41. The smallest absolute Gasteiger partial charge is 0.231 e. The molecule has 0 aliphatic heterocycles. The van der Waals surface area contributed by atoms with Gasteiger partial charge in [-0.25, -0.2) is 9.36 Å². The van der Waals surface area contributed by atoms with Gasteiger partial charge < -0.3 is 5.32 Å². The third-order valence-electron chi connectivity index (χ3n) is 4.41. The summed E-state index contributed by atoms with van der Waals surface area (Å²) < 4.78 is 1.91. The van der Waals surface area contributed by atoms with Crippen LogP contribution in [0.1, 0.15) is 38.3 Å². The van der Waals surface area contributed by atoms with Crippen molar-refractivity contribution in [2.24, 2.45) is 5.92 Å². The lowest BCUT2D eigenvalue weighted by Gasteiger charge is -2.31. The molecule has 0 radical (unpaired) electrons. The molecular formula is C16H20N4. The lowest BCUT2D eigenvalue weighted by atomic mass is 9.86. The lowest BCUT2D eigenvalue weighted by Crippen LogP contribution is -2.30. The number of fused-ring (bicyclic) bond motifs is 1. The summed E-state index contributed by atoms with van der Waals surface area (Å²) in [6, 6.07) is 4.56. The molecule has 0 saturated heterocycles. The normalized spacial score (nSPS) is 22.6. The second-order valence-corrected chi connectivity index (χ2v) is 5.80. The Kier molecular flexibility index (Phi) is 3.35. The van der Waals surface area contributed by atoms with Gasteiger partial charge in [0, 0.05) is 11.7 Å². The Morgan fingerprint density at radius 3 is 2.90 bits per heavy atom. The van der Waals surface area contributed by atoms with Crippen molar-refractivity contribution in [2.45, 2.75) is 45.6 Å². The Labute approximate surface area is 119 Å². The van der Waals surface area contributed by atoms with Crippen LogP contribution in [-0.2, 0) is 0 Å². The largest absolute Gasteiger partial charge is 0.389 e. The molecule has 0 unspecified atom stereocenters. The van der Waals surface area contributed by atoms with Gasteiger partial charge in [-0.05, 0) is 37.8 Å². The first kappa shape index (κ1) is 13.0. The first-order valence-corrected chi connectivity index (χ1v) is 7.32. The molecule has 1 fully saturated rings. The standard InChI is InChI=1S/C16H20N4/c1-11-6-4-5-7-13(11)19-16-14(17-3)10-18-20-12(2)8-9-15(16)20/h8-11,13,19H,4-7H2,1-2H3/t11-,13+/m1/s1. The minimum Gasteiger partial charge on any atom is -0.389 e. The van der Waals surface area contributed by atoms with Crippen molar-refractivity contribution < 1.29 is 0 Å². The summed E-state index contributed by atoms with van der Waals surface area (Å²) in [5.41, 5.74) is 3.67. The number of hydrogen-bond acceptors (Lipinski definition) is 2. The Balaban J connectivity index is 2.02. The van der Waals surface area contributed by atoms with Crippen LogP contribution in [0.2, 0.25) is 0 Å². The van der Waals surface area contributed by atoms with E-state index in [4.69, 9.17) is 6.57 Å². The maximum atomic E-state index is 7.37. The molecule has 1 aliphatic rings. The van der Waals surface area contributed by atoms with Crippen molar-refractivity contribution in [3.63, 3.8) is 0 Å². The second kappa shape index (κ2) is 5.16. The van der Waals surface area contributed by atoms with Crippen LogP contribution in [-0.4, -0.2) is 15.7 Å². The molecular weight excluding hydrogens is 248 g/mol. The molecule has 0 aromatic carbocycles. The number of rotatable bonds is 2. The minimum absolute atomic E-state index is 0.464. The Hall–Kier alpha value is -2.02. The van der Waals surface area contributed by atoms with Crippen molar-refractivity contribution in [3.05, 3.63) is 35.4 Å². The van der Waals surface area contributed by atoms with Crippen LogP contribution in [0, 0.1) is 19.4 Å². The molecule has 1 saturated carbocycles. The molecule has 2 aromatic heterocycles. The number of anilines is 1. The Bertz CT molecular complexity index is 665. The van der Waals surface area contributed by atoms with Crippen molar-refractivity contribution in [2.75, 3.05) is 5.32 Å². The van der Waals surface area contributed by atoms with E-state index in [9.17, 15) is 0 Å². The third kappa shape index (κ3) is 2.14. The molecule has 4 nitrogen and oxygen atoms in total. The van der Waals surface area contributed by atoms with E-state index in [1.165, 1.54) is 25.7 Å². The SMILES string of the molecule is [C-]#[N+]c1cnn2c(C)ccc2c1N[C@H]1CCCC[C@H]1C. The Morgan fingerprint density at radius 2 is 2.15 bits per heavy atom. The zero-order valence-electron chi connectivity index (χ0n) is 12.1. The van der Waals surface area contributed by atoms with Crippen molar-refractivity contribution in [3.8, 4) is 0 Å². The van der Waals surface area contributed by atoms with Gasteiger partial charge in [0.1, 0.15) is 0 Å². The fraction of sp³-hybridized carbons (Fsp3) is 0.500. The predicted molar refractivity (Wildman–Crippen MR) is 81.2 cm³/mol. The van der Waals surface area contributed by atoms with Crippen LogP contribution in [0.15, 0.2) is 18.3 Å². The molecule has 0 bridgehead atoms. The summed E-state index contributed by atoms with van der Waals surface area (Å²) in [5, 5.41) is 7.98. The topological polar surface area (TPSA) is 33.7 Å². The highest BCUT2D eigenvalue weighted by molar-refractivity contribution is 5.85. The van der Waals surface area contributed by atoms with Gasteiger partial charge >= 0.3 is 0 Å². The number of nitrogens with zero attached hydrogens (tertiary/aromatic N) is 3. The van der Waals surface area contributed by atoms with Crippen molar-refractivity contribution in [1.82, 2.24) is 9.61 Å². The van der Waals surface area contributed by atoms with Crippen LogP contribution in [0.3, 0.4) is 0 Å². The van der Waals surface area contributed by atoms with Crippen molar-refractivity contribution >= 4 is 16.9 Å². The van der Waals surface area contributed by atoms with Crippen LogP contribution < -0.4 is 5.32 Å². The quantitative estimate of drug-likeness (QED) is 0.829. The van der Waals surface area contributed by atoms with E-state index in [1.807, 2.05) is 23.6 Å². The summed E-state index contributed by atoms with van der Waals surface area (Å²) in [6.45, 7) is 11.7. The average molecular weight is 268 g/mol. The monoisotopic (exact) mass is 268 g/mol. The summed E-state index contributed by atoms with van der Waals surface area (Å²) in [7, 11) is 0. The first-order chi connectivity index (χ1) is 9.70. The highest BCUT2D eigenvalue weighted by Crippen LogP contribution is 2.34. The van der Waals surface area contributed by atoms with Gasteiger partial charge in [0.05, 0.1) is 24.0 Å². The molecule has 1 aliphatic carbocycles. The summed E-state index contributed by atoms with van der Waals surface area (Å²) in [5.74, 6) is 0.659. The second-order valence-electron chi connectivity index (χ2n) is 5.80. The number of aromatic nitrogens is 2. The molecule has 2 atom stereocenters. The molecule has 20 heavy (non-hydrogen) atoms. The average Bonchev–Trinajstić information content (AvgIpc) is 2.84. The highest BCUT2D eigenvalue weighted by Gasteiger charge is 2.23. The van der Waals surface area contributed by atoms with E-state index >= 15 is 0 Å². The fourth-order valence-electron chi connectivity index (χ4n) is 3.13. The molecule has 2 aromatic rings. The molecule has 2 heterocycles. The van der Waals surface area contributed by atoms with Crippen molar-refractivity contribution in [1.29, 1.82) is 0 Å². The van der Waals surface area contributed by atoms with Gasteiger partial charge in [-0.15, -0.1) is 0 Å². The number of aryl methyl sites for hydroxylation is 1. The van der Waals surface area contributed by atoms with Crippen LogP contribution in [0.4, 0.5) is 11.4 Å². The van der Waals surface area contributed by atoms with E-state index in [0.717, 1.165) is 16.9 Å². The van der Waals surface area contributed by atoms with Gasteiger partial charge in [0.15, 0.2) is 0 Å². The summed E-state index contributed by atoms with van der Waals surface area (Å²) >= 11 is 0. The zero-order chi connectivity index (χ0) is 14.1.